The standard InChI is InChI=1S/C14H19FN2O2/c1-16(2)9-7-11-10(14(18)17(3)4)5-6-12(15)13(11)19-8-9/h5-6,9H,7-8H2,1-4H3. The van der Waals surface area contributed by atoms with E-state index in [4.69, 9.17) is 4.74 Å². The molecular formula is C14H19FN2O2. The lowest BCUT2D eigenvalue weighted by molar-refractivity contribution is 0.0822. The van der Waals surface area contributed by atoms with Crippen LogP contribution in [0.4, 0.5) is 4.39 Å². The molecule has 0 bridgehead atoms. The lowest BCUT2D eigenvalue weighted by Crippen LogP contribution is -2.39. The number of fused-ring (bicyclic) bond motifs is 1. The predicted molar refractivity (Wildman–Crippen MR) is 71.1 cm³/mol. The SMILES string of the molecule is CN(C)C(=O)c1ccc(F)c2c1CC(N(C)C)CO2. The number of carbonyl (C=O) groups is 1. The minimum absolute atomic E-state index is 0.126. The van der Waals surface area contributed by atoms with Gasteiger partial charge in [-0.1, -0.05) is 0 Å². The number of nitrogens with zero attached hydrogens (tertiary/aromatic N) is 2. The van der Waals surface area contributed by atoms with Gasteiger partial charge in [0.15, 0.2) is 11.6 Å². The first-order chi connectivity index (χ1) is 8.91. The molecule has 5 heteroatoms. The monoisotopic (exact) mass is 266 g/mol. The Kier molecular flexibility index (Phi) is 3.75. The molecule has 1 aliphatic heterocycles. The second-order valence-electron chi connectivity index (χ2n) is 5.23. The molecule has 1 unspecified atom stereocenters. The van der Waals surface area contributed by atoms with Gasteiger partial charge in [-0.25, -0.2) is 4.39 Å². The summed E-state index contributed by atoms with van der Waals surface area (Å²) in [5.74, 6) is -0.299. The first-order valence-corrected chi connectivity index (χ1v) is 6.24. The van der Waals surface area contributed by atoms with E-state index < -0.39 is 5.82 Å². The molecule has 0 radical (unpaired) electrons. The van der Waals surface area contributed by atoms with Crippen molar-refractivity contribution in [2.24, 2.45) is 0 Å². The Morgan fingerprint density at radius 2 is 2.00 bits per heavy atom. The Bertz CT molecular complexity index is 500. The summed E-state index contributed by atoms with van der Waals surface area (Å²) in [5.41, 5.74) is 1.19. The first kappa shape index (κ1) is 13.8. The van der Waals surface area contributed by atoms with Crippen LogP contribution in [-0.2, 0) is 6.42 Å². The van der Waals surface area contributed by atoms with Crippen LogP contribution >= 0.6 is 0 Å². The fraction of sp³-hybridized carbons (Fsp3) is 0.500. The van der Waals surface area contributed by atoms with Crippen LogP contribution in [0.1, 0.15) is 15.9 Å². The molecule has 1 heterocycles. The van der Waals surface area contributed by atoms with E-state index >= 15 is 0 Å². The number of hydrogen-bond donors (Lipinski definition) is 0. The third-order valence-electron chi connectivity index (χ3n) is 3.44. The summed E-state index contributed by atoms with van der Waals surface area (Å²) in [6, 6.07) is 2.99. The summed E-state index contributed by atoms with van der Waals surface area (Å²) in [7, 11) is 7.27. The van der Waals surface area contributed by atoms with Gasteiger partial charge in [0, 0.05) is 31.3 Å². The molecule has 0 fully saturated rings. The highest BCUT2D eigenvalue weighted by Gasteiger charge is 2.28. The van der Waals surface area contributed by atoms with Crippen LogP contribution < -0.4 is 4.74 Å². The zero-order chi connectivity index (χ0) is 14.2. The maximum Gasteiger partial charge on any atom is 0.253 e. The maximum absolute atomic E-state index is 13.8. The van der Waals surface area contributed by atoms with Gasteiger partial charge in [-0.3, -0.25) is 4.79 Å². The van der Waals surface area contributed by atoms with Crippen molar-refractivity contribution in [1.82, 2.24) is 9.80 Å². The number of amides is 1. The van der Waals surface area contributed by atoms with Crippen LogP contribution in [0.5, 0.6) is 5.75 Å². The van der Waals surface area contributed by atoms with Gasteiger partial charge < -0.3 is 14.5 Å². The maximum atomic E-state index is 13.8. The van der Waals surface area contributed by atoms with E-state index in [1.54, 1.807) is 14.1 Å². The van der Waals surface area contributed by atoms with E-state index in [0.29, 0.717) is 24.2 Å². The van der Waals surface area contributed by atoms with Crippen molar-refractivity contribution in [3.63, 3.8) is 0 Å². The lowest BCUT2D eigenvalue weighted by Gasteiger charge is -2.31. The highest BCUT2D eigenvalue weighted by atomic mass is 19.1. The summed E-state index contributed by atoms with van der Waals surface area (Å²) in [6.45, 7) is 0.441. The number of rotatable bonds is 2. The van der Waals surface area contributed by atoms with Crippen molar-refractivity contribution in [2.75, 3.05) is 34.8 Å². The molecule has 1 aromatic rings. The molecule has 0 saturated carbocycles. The second kappa shape index (κ2) is 5.17. The summed E-state index contributed by atoms with van der Waals surface area (Å²) in [4.78, 5) is 15.7. The van der Waals surface area contributed by atoms with Crippen LogP contribution in [0, 0.1) is 5.82 Å². The van der Waals surface area contributed by atoms with Crippen LogP contribution in [0.3, 0.4) is 0 Å². The Hall–Kier alpha value is -1.62. The molecule has 1 amide bonds. The summed E-state index contributed by atoms with van der Waals surface area (Å²) in [5, 5.41) is 0. The van der Waals surface area contributed by atoms with Gasteiger partial charge in [-0.2, -0.15) is 0 Å². The smallest absolute Gasteiger partial charge is 0.253 e. The third-order valence-corrected chi connectivity index (χ3v) is 3.44. The largest absolute Gasteiger partial charge is 0.489 e. The van der Waals surface area contributed by atoms with Crippen molar-refractivity contribution < 1.29 is 13.9 Å². The van der Waals surface area contributed by atoms with Gasteiger partial charge in [0.05, 0.1) is 0 Å². The van der Waals surface area contributed by atoms with E-state index in [1.165, 1.54) is 17.0 Å². The van der Waals surface area contributed by atoms with E-state index in [9.17, 15) is 9.18 Å². The summed E-state index contributed by atoms with van der Waals surface area (Å²) < 4.78 is 19.3. The van der Waals surface area contributed by atoms with Crippen LogP contribution in [0.2, 0.25) is 0 Å². The van der Waals surface area contributed by atoms with Gasteiger partial charge >= 0.3 is 0 Å². The number of ether oxygens (including phenoxy) is 1. The lowest BCUT2D eigenvalue weighted by atomic mass is 9.95. The molecule has 1 aromatic carbocycles. The number of hydrogen-bond acceptors (Lipinski definition) is 3. The van der Waals surface area contributed by atoms with E-state index in [-0.39, 0.29) is 17.7 Å². The molecule has 0 saturated heterocycles. The highest BCUT2D eigenvalue weighted by Crippen LogP contribution is 2.32. The van der Waals surface area contributed by atoms with Crippen molar-refractivity contribution in [3.05, 3.63) is 29.1 Å². The zero-order valence-corrected chi connectivity index (χ0v) is 11.7. The number of carbonyl (C=O) groups excluding carboxylic acids is 1. The Balaban J connectivity index is 2.46. The molecule has 0 spiro atoms. The fourth-order valence-corrected chi connectivity index (χ4v) is 2.20. The molecular weight excluding hydrogens is 247 g/mol. The van der Waals surface area contributed by atoms with E-state index in [2.05, 4.69) is 0 Å². The Morgan fingerprint density at radius 3 is 2.58 bits per heavy atom. The van der Waals surface area contributed by atoms with Gasteiger partial charge in [-0.15, -0.1) is 0 Å². The number of halogens is 1. The van der Waals surface area contributed by atoms with Gasteiger partial charge in [0.25, 0.3) is 5.91 Å². The number of benzene rings is 1. The van der Waals surface area contributed by atoms with Crippen molar-refractivity contribution in [3.8, 4) is 5.75 Å². The molecule has 0 aliphatic carbocycles. The quantitative estimate of drug-likeness (QED) is 0.811. The van der Waals surface area contributed by atoms with Gasteiger partial charge in [0.2, 0.25) is 0 Å². The molecule has 4 nitrogen and oxygen atoms in total. The Morgan fingerprint density at radius 1 is 1.32 bits per heavy atom. The molecule has 2 rings (SSSR count). The molecule has 19 heavy (non-hydrogen) atoms. The average molecular weight is 266 g/mol. The molecule has 1 aliphatic rings. The topological polar surface area (TPSA) is 32.8 Å². The van der Waals surface area contributed by atoms with Crippen LogP contribution in [0.25, 0.3) is 0 Å². The normalized spacial score (nSPS) is 17.9. The summed E-state index contributed by atoms with van der Waals surface area (Å²) >= 11 is 0. The number of likely N-dealkylation sites (N-methyl/N-ethyl adjacent to an activating group) is 1. The fourth-order valence-electron chi connectivity index (χ4n) is 2.20. The molecule has 0 N–H and O–H groups in total. The summed E-state index contributed by atoms with van der Waals surface area (Å²) in [6.07, 6.45) is 0.620. The average Bonchev–Trinajstić information content (AvgIpc) is 2.37. The van der Waals surface area contributed by atoms with Crippen molar-refractivity contribution >= 4 is 5.91 Å². The Labute approximate surface area is 112 Å². The van der Waals surface area contributed by atoms with E-state index in [0.717, 1.165) is 0 Å². The minimum Gasteiger partial charge on any atom is -0.489 e. The van der Waals surface area contributed by atoms with Crippen LogP contribution in [0.15, 0.2) is 12.1 Å². The van der Waals surface area contributed by atoms with Crippen molar-refractivity contribution in [1.29, 1.82) is 0 Å². The van der Waals surface area contributed by atoms with Gasteiger partial charge in [-0.05, 0) is 32.6 Å². The third kappa shape index (κ3) is 2.56. The zero-order valence-electron chi connectivity index (χ0n) is 11.7. The molecule has 1 atom stereocenters. The van der Waals surface area contributed by atoms with E-state index in [1.807, 2.05) is 19.0 Å². The minimum atomic E-state index is -0.400. The first-order valence-electron chi connectivity index (χ1n) is 6.24. The highest BCUT2D eigenvalue weighted by molar-refractivity contribution is 5.96. The second-order valence-corrected chi connectivity index (χ2v) is 5.23. The van der Waals surface area contributed by atoms with Crippen LogP contribution in [-0.4, -0.2) is 56.5 Å². The predicted octanol–water partition coefficient (Wildman–Crippen LogP) is 1.39. The van der Waals surface area contributed by atoms with Gasteiger partial charge in [0.1, 0.15) is 6.61 Å². The van der Waals surface area contributed by atoms with Crippen molar-refractivity contribution in [2.45, 2.75) is 12.5 Å². The molecule has 104 valence electrons. The molecule has 0 aromatic heterocycles.